The highest BCUT2D eigenvalue weighted by Crippen LogP contribution is 2.44. The highest BCUT2D eigenvalue weighted by Gasteiger charge is 2.50. The van der Waals surface area contributed by atoms with Crippen molar-refractivity contribution >= 4 is 34.9 Å². The zero-order valence-electron chi connectivity index (χ0n) is 15.7. The number of anilines is 1. The Bertz CT molecular complexity index is 959. The molecule has 2 aromatic rings. The maximum atomic E-state index is 12.3. The van der Waals surface area contributed by atoms with E-state index in [1.54, 1.807) is 18.3 Å². The fourth-order valence-corrected chi connectivity index (χ4v) is 4.39. The number of pyridine rings is 1. The first-order chi connectivity index (χ1) is 13.9. The number of benzene rings is 1. The lowest BCUT2D eigenvalue weighted by Gasteiger charge is -2.52. The third kappa shape index (κ3) is 3.32. The van der Waals surface area contributed by atoms with E-state index in [4.69, 9.17) is 37.4 Å². The van der Waals surface area contributed by atoms with Crippen LogP contribution in [0.25, 0.3) is 0 Å². The van der Waals surface area contributed by atoms with E-state index in [0.29, 0.717) is 35.6 Å². The zero-order valence-corrected chi connectivity index (χ0v) is 17.2. The molecule has 29 heavy (non-hydrogen) atoms. The first-order valence-electron chi connectivity index (χ1n) is 9.31. The Morgan fingerprint density at radius 1 is 1.28 bits per heavy atom. The molecule has 0 atom stereocenters. The summed E-state index contributed by atoms with van der Waals surface area (Å²) in [6.07, 6.45) is 1.59. The number of halogens is 2. The predicted octanol–water partition coefficient (Wildman–Crippen LogP) is 2.98. The van der Waals surface area contributed by atoms with Gasteiger partial charge in [-0.05, 0) is 31.3 Å². The Balaban J connectivity index is 1.38. The minimum Gasteiger partial charge on any atom is -0.461 e. The van der Waals surface area contributed by atoms with Crippen molar-refractivity contribution in [1.82, 2.24) is 9.88 Å². The number of aromatic nitrogens is 1. The van der Waals surface area contributed by atoms with Crippen LogP contribution in [0.2, 0.25) is 10.0 Å². The number of likely N-dealkylation sites (N-methyl/N-ethyl adjacent to an activating group) is 1. The molecule has 9 heteroatoms. The molecule has 1 aromatic heterocycles. The summed E-state index contributed by atoms with van der Waals surface area (Å²) in [5.74, 6) is 0.226. The van der Waals surface area contributed by atoms with Crippen molar-refractivity contribution in [2.75, 3.05) is 38.3 Å². The van der Waals surface area contributed by atoms with Gasteiger partial charge < -0.3 is 19.1 Å². The minimum absolute atomic E-state index is 0.0640. The Labute approximate surface area is 178 Å². The van der Waals surface area contributed by atoms with Gasteiger partial charge in [-0.15, -0.1) is 0 Å². The van der Waals surface area contributed by atoms with Crippen LogP contribution >= 0.6 is 23.2 Å². The number of ether oxygens (including phenoxy) is 3. The van der Waals surface area contributed by atoms with E-state index in [1.807, 2.05) is 19.2 Å². The Hall–Kier alpha value is -2.06. The Morgan fingerprint density at radius 3 is 2.69 bits per heavy atom. The van der Waals surface area contributed by atoms with Crippen molar-refractivity contribution in [3.8, 4) is 5.75 Å². The summed E-state index contributed by atoms with van der Waals surface area (Å²) in [7, 11) is 1.98. The summed E-state index contributed by atoms with van der Waals surface area (Å²) in [4.78, 5) is 20.8. The van der Waals surface area contributed by atoms with Gasteiger partial charge in [0.05, 0.1) is 23.5 Å². The van der Waals surface area contributed by atoms with Crippen LogP contribution in [0.1, 0.15) is 16.1 Å². The molecule has 2 saturated heterocycles. The molecule has 0 aliphatic carbocycles. The average molecular weight is 436 g/mol. The third-order valence-electron chi connectivity index (χ3n) is 5.43. The number of fused-ring (bicyclic) bond motifs is 1. The average Bonchev–Trinajstić information content (AvgIpc) is 2.64. The molecule has 0 N–H and O–H groups in total. The normalized spacial score (nSPS) is 20.4. The largest absolute Gasteiger partial charge is 0.461 e. The summed E-state index contributed by atoms with van der Waals surface area (Å²) >= 11 is 12.5. The highest BCUT2D eigenvalue weighted by atomic mass is 35.5. The monoisotopic (exact) mass is 435 g/mol. The second-order valence-electron chi connectivity index (χ2n) is 7.65. The number of carbonyl (C=O) groups excluding carboxylic acids is 1. The van der Waals surface area contributed by atoms with Gasteiger partial charge >= 0.3 is 5.97 Å². The molecular formula is C20H19Cl2N3O4. The number of carbonyl (C=O) groups is 1. The Morgan fingerprint density at radius 2 is 2.07 bits per heavy atom. The van der Waals surface area contributed by atoms with Crippen molar-refractivity contribution in [3.05, 3.63) is 51.8 Å². The smallest absolute Gasteiger partial charge is 0.357 e. The molecule has 0 saturated carbocycles. The molecule has 0 unspecified atom stereocenters. The lowest BCUT2D eigenvalue weighted by molar-refractivity contribution is -0.167. The Kier molecular flexibility index (Phi) is 4.58. The van der Waals surface area contributed by atoms with Crippen molar-refractivity contribution in [2.24, 2.45) is 0 Å². The fourth-order valence-electron chi connectivity index (χ4n) is 3.82. The van der Waals surface area contributed by atoms with E-state index in [0.717, 1.165) is 24.3 Å². The second kappa shape index (κ2) is 7.02. The van der Waals surface area contributed by atoms with Crippen molar-refractivity contribution in [1.29, 1.82) is 0 Å². The number of nitrogens with zero attached hydrogens (tertiary/aromatic N) is 3. The van der Waals surface area contributed by atoms with Gasteiger partial charge in [0.2, 0.25) is 5.72 Å². The van der Waals surface area contributed by atoms with Crippen molar-refractivity contribution < 1.29 is 19.0 Å². The van der Waals surface area contributed by atoms with Crippen LogP contribution in [0.5, 0.6) is 5.75 Å². The van der Waals surface area contributed by atoms with Crippen molar-refractivity contribution in [2.45, 2.75) is 18.4 Å². The number of esters is 1. The SMILES string of the molecule is CN1CC(OC(=O)c2ccc(N3Cc4cc(Cl)cc(Cl)c4OC34COC4)cn2)C1. The van der Waals surface area contributed by atoms with Gasteiger partial charge in [-0.3, -0.25) is 4.90 Å². The number of rotatable bonds is 3. The summed E-state index contributed by atoms with van der Waals surface area (Å²) in [5.41, 5.74) is 1.34. The van der Waals surface area contributed by atoms with E-state index < -0.39 is 11.7 Å². The van der Waals surface area contributed by atoms with Gasteiger partial charge in [-0.25, -0.2) is 9.78 Å². The second-order valence-corrected chi connectivity index (χ2v) is 8.50. The van der Waals surface area contributed by atoms with Gasteiger partial charge in [0.25, 0.3) is 0 Å². The third-order valence-corrected chi connectivity index (χ3v) is 5.92. The molecule has 152 valence electrons. The van der Waals surface area contributed by atoms with E-state index in [2.05, 4.69) is 14.8 Å². The lowest BCUT2D eigenvalue weighted by Crippen LogP contribution is -2.67. The molecule has 1 spiro atoms. The first kappa shape index (κ1) is 18.9. The molecule has 1 aromatic carbocycles. The van der Waals surface area contributed by atoms with Crippen LogP contribution < -0.4 is 9.64 Å². The fraction of sp³-hybridized carbons (Fsp3) is 0.400. The quantitative estimate of drug-likeness (QED) is 0.686. The number of likely N-dealkylation sites (tertiary alicyclic amines) is 1. The number of hydrogen-bond acceptors (Lipinski definition) is 7. The van der Waals surface area contributed by atoms with Crippen LogP contribution in [0.15, 0.2) is 30.5 Å². The molecule has 0 radical (unpaired) electrons. The molecule has 5 rings (SSSR count). The van der Waals surface area contributed by atoms with E-state index in [-0.39, 0.29) is 11.8 Å². The van der Waals surface area contributed by atoms with Crippen LogP contribution in [-0.4, -0.2) is 61.0 Å². The van der Waals surface area contributed by atoms with Gasteiger partial charge in [0, 0.05) is 23.7 Å². The molecule has 3 aliphatic heterocycles. The van der Waals surface area contributed by atoms with Crippen molar-refractivity contribution in [3.63, 3.8) is 0 Å². The van der Waals surface area contributed by atoms with Gasteiger partial charge in [-0.1, -0.05) is 23.2 Å². The summed E-state index contributed by atoms with van der Waals surface area (Å²) < 4.78 is 17.1. The highest BCUT2D eigenvalue weighted by molar-refractivity contribution is 6.35. The van der Waals surface area contributed by atoms with Crippen LogP contribution in [0.4, 0.5) is 5.69 Å². The summed E-state index contributed by atoms with van der Waals surface area (Å²) in [6.45, 7) is 2.86. The molecule has 7 nitrogen and oxygen atoms in total. The first-order valence-corrected chi connectivity index (χ1v) is 10.1. The predicted molar refractivity (Wildman–Crippen MR) is 108 cm³/mol. The molecule has 2 fully saturated rings. The van der Waals surface area contributed by atoms with Gasteiger partial charge in [0.15, 0.2) is 0 Å². The van der Waals surface area contributed by atoms with Crippen LogP contribution in [0, 0.1) is 0 Å². The van der Waals surface area contributed by atoms with E-state index >= 15 is 0 Å². The topological polar surface area (TPSA) is 64.1 Å². The maximum absolute atomic E-state index is 12.3. The van der Waals surface area contributed by atoms with E-state index in [9.17, 15) is 4.79 Å². The molecule has 4 heterocycles. The molecule has 0 bridgehead atoms. The van der Waals surface area contributed by atoms with Crippen LogP contribution in [0.3, 0.4) is 0 Å². The zero-order chi connectivity index (χ0) is 20.2. The van der Waals surface area contributed by atoms with E-state index in [1.165, 1.54) is 0 Å². The lowest BCUT2D eigenvalue weighted by atomic mass is 10.0. The molecular weight excluding hydrogens is 417 g/mol. The minimum atomic E-state index is -0.648. The standard InChI is InChI=1S/C20H19Cl2N3O4/c1-24-8-15(9-24)28-19(26)17-3-2-14(6-23-17)25-7-12-4-13(21)5-16(22)18(12)29-20(25)10-27-11-20/h2-6,15H,7-11H2,1H3. The molecule has 3 aliphatic rings. The summed E-state index contributed by atoms with van der Waals surface area (Å²) in [6, 6.07) is 7.04. The van der Waals surface area contributed by atoms with Crippen LogP contribution in [-0.2, 0) is 16.0 Å². The summed E-state index contributed by atoms with van der Waals surface area (Å²) in [5, 5.41) is 1.03. The van der Waals surface area contributed by atoms with Gasteiger partial charge in [0.1, 0.15) is 30.8 Å². The maximum Gasteiger partial charge on any atom is 0.357 e. The number of hydrogen-bond donors (Lipinski definition) is 0. The molecule has 0 amide bonds. The van der Waals surface area contributed by atoms with Gasteiger partial charge in [-0.2, -0.15) is 0 Å².